The molecule has 1 aromatic carbocycles. The molecule has 1 heterocycles. The van der Waals surface area contributed by atoms with E-state index in [9.17, 15) is 0 Å². The average Bonchev–Trinajstić information content (AvgIpc) is 2.99. The Bertz CT molecular complexity index is 536. The molecule has 3 nitrogen and oxygen atoms in total. The monoisotopic (exact) mass is 305 g/mol. The van der Waals surface area contributed by atoms with Gasteiger partial charge in [-0.05, 0) is 37.0 Å². The molecular weight excluding hydrogens is 290 g/mol. The Morgan fingerprint density at radius 2 is 2.39 bits per heavy atom. The lowest BCUT2D eigenvalue weighted by molar-refractivity contribution is 0.452. The quantitative estimate of drug-likeness (QED) is 0.911. The first-order valence-corrected chi connectivity index (χ1v) is 7.07. The molecule has 0 bridgehead atoms. The van der Waals surface area contributed by atoms with E-state index in [1.54, 1.807) is 6.20 Å². The van der Waals surface area contributed by atoms with Crippen LogP contribution in [0.25, 0.3) is 0 Å². The van der Waals surface area contributed by atoms with Gasteiger partial charge in [0.1, 0.15) is 5.82 Å². The number of fused-ring (bicyclic) bond motifs is 1. The predicted octanol–water partition coefficient (Wildman–Crippen LogP) is 3.51. The van der Waals surface area contributed by atoms with Crippen molar-refractivity contribution in [3.8, 4) is 0 Å². The number of nitrogens with zero attached hydrogens (tertiary/aromatic N) is 1. The van der Waals surface area contributed by atoms with Gasteiger partial charge in [-0.1, -0.05) is 28.1 Å². The summed E-state index contributed by atoms with van der Waals surface area (Å²) < 4.78 is 1.23. The summed E-state index contributed by atoms with van der Waals surface area (Å²) in [4.78, 5) is 7.47. The van der Waals surface area contributed by atoms with Gasteiger partial charge >= 0.3 is 0 Å². The fourth-order valence-electron chi connectivity index (χ4n) is 2.68. The summed E-state index contributed by atoms with van der Waals surface area (Å²) >= 11 is 3.63. The molecular formula is C14H16BrN3. The van der Waals surface area contributed by atoms with E-state index in [1.165, 1.54) is 15.6 Å². The molecule has 0 spiro atoms. The average molecular weight is 306 g/mol. The Morgan fingerprint density at radius 3 is 3.17 bits per heavy atom. The molecule has 1 aromatic heterocycles. The van der Waals surface area contributed by atoms with Gasteiger partial charge in [0.05, 0.1) is 6.04 Å². The summed E-state index contributed by atoms with van der Waals surface area (Å²) in [5.74, 6) is 0.999. The first-order valence-electron chi connectivity index (χ1n) is 6.28. The highest BCUT2D eigenvalue weighted by molar-refractivity contribution is 9.10. The molecule has 2 N–H and O–H groups in total. The minimum absolute atomic E-state index is 0.245. The molecule has 1 aliphatic carbocycles. The number of benzene rings is 1. The van der Waals surface area contributed by atoms with Crippen LogP contribution in [-0.4, -0.2) is 9.97 Å². The lowest BCUT2D eigenvalue weighted by Crippen LogP contribution is -2.23. The molecule has 2 aromatic rings. The second-order valence-corrected chi connectivity index (χ2v) is 5.62. The molecule has 2 atom stereocenters. The summed E-state index contributed by atoms with van der Waals surface area (Å²) in [7, 11) is 0. The van der Waals surface area contributed by atoms with Crippen molar-refractivity contribution < 1.29 is 0 Å². The van der Waals surface area contributed by atoms with E-state index in [4.69, 9.17) is 0 Å². The number of aromatic nitrogens is 2. The zero-order valence-corrected chi connectivity index (χ0v) is 11.9. The number of aromatic amines is 1. The van der Waals surface area contributed by atoms with E-state index in [1.807, 2.05) is 6.20 Å². The van der Waals surface area contributed by atoms with Gasteiger partial charge in [-0.2, -0.15) is 0 Å². The van der Waals surface area contributed by atoms with Crippen LogP contribution < -0.4 is 5.32 Å². The molecule has 3 rings (SSSR count). The molecule has 0 saturated heterocycles. The van der Waals surface area contributed by atoms with Crippen molar-refractivity contribution in [3.05, 3.63) is 52.0 Å². The highest BCUT2D eigenvalue weighted by Crippen LogP contribution is 2.36. The molecule has 18 heavy (non-hydrogen) atoms. The van der Waals surface area contributed by atoms with Gasteiger partial charge < -0.3 is 10.3 Å². The van der Waals surface area contributed by atoms with E-state index in [2.05, 4.69) is 56.3 Å². The maximum Gasteiger partial charge on any atom is 0.122 e. The van der Waals surface area contributed by atoms with Crippen molar-refractivity contribution in [3.63, 3.8) is 0 Å². The third-order valence-corrected chi connectivity index (χ3v) is 4.34. The van der Waals surface area contributed by atoms with Crippen molar-refractivity contribution in [2.75, 3.05) is 0 Å². The van der Waals surface area contributed by atoms with E-state index >= 15 is 0 Å². The standard InChI is InChI=1S/C14H16BrN3/c1-9(14-16-7-8-17-14)18-13-6-5-10-11(13)3-2-4-12(10)15/h2-4,7-9,13,18H,5-6H2,1H3,(H,16,17). The van der Waals surface area contributed by atoms with Crippen LogP contribution in [0.1, 0.15) is 42.4 Å². The number of hydrogen-bond donors (Lipinski definition) is 2. The Morgan fingerprint density at radius 1 is 1.50 bits per heavy atom. The minimum atomic E-state index is 0.245. The van der Waals surface area contributed by atoms with Gasteiger partial charge in [0.15, 0.2) is 0 Å². The van der Waals surface area contributed by atoms with Gasteiger partial charge in [0.2, 0.25) is 0 Å². The van der Waals surface area contributed by atoms with Crippen molar-refractivity contribution in [2.24, 2.45) is 0 Å². The Kier molecular flexibility index (Phi) is 3.22. The number of H-pyrrole nitrogens is 1. The number of nitrogens with one attached hydrogen (secondary N) is 2. The molecule has 4 heteroatoms. The van der Waals surface area contributed by atoms with Crippen molar-refractivity contribution >= 4 is 15.9 Å². The highest BCUT2D eigenvalue weighted by Gasteiger charge is 2.25. The SMILES string of the molecule is CC(NC1CCc2c(Br)cccc21)c1ncc[nH]1. The van der Waals surface area contributed by atoms with Gasteiger partial charge in [0.25, 0.3) is 0 Å². The van der Waals surface area contributed by atoms with Gasteiger partial charge in [0, 0.05) is 22.9 Å². The molecule has 1 aliphatic rings. The first kappa shape index (κ1) is 11.9. The zero-order valence-electron chi connectivity index (χ0n) is 10.3. The Hall–Kier alpha value is -1.13. The fraction of sp³-hybridized carbons (Fsp3) is 0.357. The third kappa shape index (κ3) is 2.10. The summed E-state index contributed by atoms with van der Waals surface area (Å²) in [6.07, 6.45) is 5.96. The van der Waals surface area contributed by atoms with Crippen molar-refractivity contribution in [1.82, 2.24) is 15.3 Å². The molecule has 0 amide bonds. The van der Waals surface area contributed by atoms with Crippen LogP contribution in [0.5, 0.6) is 0 Å². The topological polar surface area (TPSA) is 40.7 Å². The number of imidazole rings is 1. The first-order chi connectivity index (χ1) is 8.75. The van der Waals surface area contributed by atoms with Crippen LogP contribution >= 0.6 is 15.9 Å². The number of halogens is 1. The molecule has 0 fully saturated rings. The van der Waals surface area contributed by atoms with E-state index in [0.29, 0.717) is 6.04 Å². The van der Waals surface area contributed by atoms with Crippen LogP contribution in [0.4, 0.5) is 0 Å². The molecule has 0 radical (unpaired) electrons. The summed E-state index contributed by atoms with van der Waals surface area (Å²) in [5, 5.41) is 3.65. The van der Waals surface area contributed by atoms with Crippen LogP contribution in [0, 0.1) is 0 Å². The normalized spacial score (nSPS) is 19.8. The lowest BCUT2D eigenvalue weighted by atomic mass is 10.1. The van der Waals surface area contributed by atoms with Gasteiger partial charge in [-0.3, -0.25) is 0 Å². The highest BCUT2D eigenvalue weighted by atomic mass is 79.9. The lowest BCUT2D eigenvalue weighted by Gasteiger charge is -2.19. The molecule has 94 valence electrons. The van der Waals surface area contributed by atoms with Crippen LogP contribution in [0.2, 0.25) is 0 Å². The Labute approximate surface area is 115 Å². The van der Waals surface area contributed by atoms with Crippen molar-refractivity contribution in [2.45, 2.75) is 31.8 Å². The predicted molar refractivity (Wildman–Crippen MR) is 75.3 cm³/mol. The second kappa shape index (κ2) is 4.86. The van der Waals surface area contributed by atoms with Gasteiger partial charge in [-0.25, -0.2) is 4.98 Å². The largest absolute Gasteiger partial charge is 0.347 e. The smallest absolute Gasteiger partial charge is 0.122 e. The summed E-state index contributed by atoms with van der Waals surface area (Å²) in [6.45, 7) is 2.15. The Balaban J connectivity index is 1.79. The molecule has 0 saturated carbocycles. The van der Waals surface area contributed by atoms with Crippen LogP contribution in [0.3, 0.4) is 0 Å². The summed E-state index contributed by atoms with van der Waals surface area (Å²) in [6, 6.07) is 7.13. The second-order valence-electron chi connectivity index (χ2n) is 4.76. The third-order valence-electron chi connectivity index (χ3n) is 3.59. The van der Waals surface area contributed by atoms with Crippen LogP contribution in [-0.2, 0) is 6.42 Å². The van der Waals surface area contributed by atoms with E-state index < -0.39 is 0 Å². The van der Waals surface area contributed by atoms with Crippen molar-refractivity contribution in [1.29, 1.82) is 0 Å². The fourth-order valence-corrected chi connectivity index (χ4v) is 3.26. The minimum Gasteiger partial charge on any atom is -0.347 e. The molecule has 0 aliphatic heterocycles. The summed E-state index contributed by atoms with van der Waals surface area (Å²) in [5.41, 5.74) is 2.87. The maximum absolute atomic E-state index is 4.30. The van der Waals surface area contributed by atoms with E-state index in [0.717, 1.165) is 18.7 Å². The van der Waals surface area contributed by atoms with Gasteiger partial charge in [-0.15, -0.1) is 0 Å². The zero-order chi connectivity index (χ0) is 12.5. The molecule has 2 unspecified atom stereocenters. The van der Waals surface area contributed by atoms with E-state index in [-0.39, 0.29) is 6.04 Å². The van der Waals surface area contributed by atoms with Crippen LogP contribution in [0.15, 0.2) is 35.1 Å². The number of rotatable bonds is 3. The maximum atomic E-state index is 4.30. The number of hydrogen-bond acceptors (Lipinski definition) is 2.